The third-order valence-electron chi connectivity index (χ3n) is 3.60. The van der Waals surface area contributed by atoms with E-state index in [1.54, 1.807) is 7.11 Å². The minimum atomic E-state index is 0.312. The Morgan fingerprint density at radius 2 is 2.26 bits per heavy atom. The molecule has 100 valence electrons. The van der Waals surface area contributed by atoms with Gasteiger partial charge in [-0.3, -0.25) is 0 Å². The lowest BCUT2D eigenvalue weighted by molar-refractivity contribution is 0.340. The summed E-state index contributed by atoms with van der Waals surface area (Å²) in [6, 6.07) is 7.68. The number of nitrogens with zero attached hydrogens (tertiary/aromatic N) is 2. The molecule has 2 heterocycles. The maximum Gasteiger partial charge on any atom is 0.231 e. The highest BCUT2D eigenvalue weighted by atomic mass is 16.5. The molecule has 1 aliphatic heterocycles. The average molecular weight is 259 g/mol. The molecule has 2 unspecified atom stereocenters. The Labute approximate surface area is 112 Å². The van der Waals surface area contributed by atoms with Crippen molar-refractivity contribution in [1.29, 1.82) is 0 Å². The van der Waals surface area contributed by atoms with Gasteiger partial charge in [0.25, 0.3) is 0 Å². The topological polar surface area (TPSA) is 60.2 Å². The smallest absolute Gasteiger partial charge is 0.231 e. The van der Waals surface area contributed by atoms with Gasteiger partial charge < -0.3 is 14.6 Å². The van der Waals surface area contributed by atoms with Gasteiger partial charge in [0.1, 0.15) is 5.75 Å². The van der Waals surface area contributed by atoms with Crippen molar-refractivity contribution in [3.05, 3.63) is 30.2 Å². The predicted molar refractivity (Wildman–Crippen MR) is 71.1 cm³/mol. The highest BCUT2D eigenvalue weighted by Gasteiger charge is 2.29. The molecule has 1 aliphatic rings. The van der Waals surface area contributed by atoms with Crippen molar-refractivity contribution in [2.75, 3.05) is 20.2 Å². The molecule has 0 radical (unpaired) electrons. The Kier molecular flexibility index (Phi) is 3.21. The molecule has 0 amide bonds. The van der Waals surface area contributed by atoms with Crippen LogP contribution in [0.5, 0.6) is 5.75 Å². The highest BCUT2D eigenvalue weighted by Crippen LogP contribution is 2.28. The van der Waals surface area contributed by atoms with Crippen molar-refractivity contribution in [3.8, 4) is 17.1 Å². The molecular weight excluding hydrogens is 242 g/mol. The van der Waals surface area contributed by atoms with E-state index in [9.17, 15) is 0 Å². The number of methoxy groups -OCH3 is 1. The van der Waals surface area contributed by atoms with Crippen LogP contribution in [0.25, 0.3) is 11.4 Å². The molecule has 0 aliphatic carbocycles. The van der Waals surface area contributed by atoms with Crippen LogP contribution in [0.15, 0.2) is 28.8 Å². The Balaban J connectivity index is 1.88. The molecule has 5 heteroatoms. The molecule has 5 nitrogen and oxygen atoms in total. The van der Waals surface area contributed by atoms with Crippen molar-refractivity contribution in [2.45, 2.75) is 12.8 Å². The molecule has 3 rings (SSSR count). The van der Waals surface area contributed by atoms with Gasteiger partial charge in [-0.2, -0.15) is 4.98 Å². The van der Waals surface area contributed by atoms with Crippen LogP contribution in [-0.4, -0.2) is 30.3 Å². The van der Waals surface area contributed by atoms with Gasteiger partial charge in [-0.15, -0.1) is 0 Å². The predicted octanol–water partition coefficient (Wildman–Crippen LogP) is 2.07. The van der Waals surface area contributed by atoms with Crippen molar-refractivity contribution in [3.63, 3.8) is 0 Å². The van der Waals surface area contributed by atoms with E-state index in [4.69, 9.17) is 9.26 Å². The van der Waals surface area contributed by atoms with Crippen LogP contribution in [-0.2, 0) is 0 Å². The Bertz CT molecular complexity index is 567. The lowest BCUT2D eigenvalue weighted by atomic mass is 9.98. The fourth-order valence-corrected chi connectivity index (χ4v) is 2.41. The minimum absolute atomic E-state index is 0.312. The lowest BCUT2D eigenvalue weighted by Crippen LogP contribution is -2.08. The second-order valence-electron chi connectivity index (χ2n) is 4.93. The zero-order valence-electron chi connectivity index (χ0n) is 11.1. The van der Waals surface area contributed by atoms with E-state index in [0.717, 1.165) is 30.3 Å². The first kappa shape index (κ1) is 12.2. The van der Waals surface area contributed by atoms with E-state index in [1.807, 2.05) is 24.3 Å². The largest absolute Gasteiger partial charge is 0.497 e. The van der Waals surface area contributed by atoms with Crippen LogP contribution >= 0.6 is 0 Å². The number of aromatic nitrogens is 2. The molecule has 2 atom stereocenters. The van der Waals surface area contributed by atoms with Crippen LogP contribution in [0.4, 0.5) is 0 Å². The Hall–Kier alpha value is -1.88. The fraction of sp³-hybridized carbons (Fsp3) is 0.429. The summed E-state index contributed by atoms with van der Waals surface area (Å²) in [4.78, 5) is 4.51. The van der Waals surface area contributed by atoms with Gasteiger partial charge in [0, 0.05) is 12.1 Å². The summed E-state index contributed by atoms with van der Waals surface area (Å²) < 4.78 is 10.6. The summed E-state index contributed by atoms with van der Waals surface area (Å²) in [7, 11) is 1.65. The summed E-state index contributed by atoms with van der Waals surface area (Å²) >= 11 is 0. The molecule has 0 bridgehead atoms. The normalized spacial score (nSPS) is 22.6. The van der Waals surface area contributed by atoms with Crippen molar-refractivity contribution < 1.29 is 9.26 Å². The van der Waals surface area contributed by atoms with E-state index in [-0.39, 0.29) is 0 Å². The third kappa shape index (κ3) is 2.33. The number of hydrogen-bond acceptors (Lipinski definition) is 5. The molecule has 1 aromatic heterocycles. The molecule has 0 spiro atoms. The van der Waals surface area contributed by atoms with Crippen LogP contribution in [0, 0.1) is 5.92 Å². The zero-order chi connectivity index (χ0) is 13.2. The lowest BCUT2D eigenvalue weighted by Gasteiger charge is -2.07. The van der Waals surface area contributed by atoms with Crippen LogP contribution in [0.2, 0.25) is 0 Å². The van der Waals surface area contributed by atoms with E-state index in [0.29, 0.717) is 17.7 Å². The number of benzene rings is 1. The maximum atomic E-state index is 5.40. The number of nitrogens with one attached hydrogen (secondary N) is 1. The summed E-state index contributed by atoms with van der Waals surface area (Å²) in [5.74, 6) is 2.97. The van der Waals surface area contributed by atoms with Gasteiger partial charge >= 0.3 is 0 Å². The van der Waals surface area contributed by atoms with Crippen LogP contribution < -0.4 is 10.1 Å². The number of hydrogen-bond donors (Lipinski definition) is 1. The van der Waals surface area contributed by atoms with E-state index in [1.165, 1.54) is 0 Å². The van der Waals surface area contributed by atoms with Crippen LogP contribution in [0.3, 0.4) is 0 Å². The maximum absolute atomic E-state index is 5.40. The molecule has 19 heavy (non-hydrogen) atoms. The first-order valence-corrected chi connectivity index (χ1v) is 6.46. The summed E-state index contributed by atoms with van der Waals surface area (Å²) in [6.45, 7) is 4.10. The Morgan fingerprint density at radius 3 is 3.00 bits per heavy atom. The van der Waals surface area contributed by atoms with Gasteiger partial charge in [0.2, 0.25) is 11.7 Å². The second kappa shape index (κ2) is 5.01. The van der Waals surface area contributed by atoms with E-state index < -0.39 is 0 Å². The second-order valence-corrected chi connectivity index (χ2v) is 4.93. The zero-order valence-corrected chi connectivity index (χ0v) is 11.1. The number of rotatable bonds is 3. The first-order chi connectivity index (χ1) is 9.28. The molecule has 1 saturated heterocycles. The van der Waals surface area contributed by atoms with Gasteiger partial charge in [-0.25, -0.2) is 0 Å². The molecule has 1 N–H and O–H groups in total. The molecular formula is C14H17N3O2. The molecule has 0 saturated carbocycles. The molecule has 1 fully saturated rings. The summed E-state index contributed by atoms with van der Waals surface area (Å²) in [5, 5.41) is 7.41. The fourth-order valence-electron chi connectivity index (χ4n) is 2.41. The van der Waals surface area contributed by atoms with Gasteiger partial charge in [0.15, 0.2) is 0 Å². The van der Waals surface area contributed by atoms with Gasteiger partial charge in [0.05, 0.1) is 13.0 Å². The van der Waals surface area contributed by atoms with E-state index in [2.05, 4.69) is 22.4 Å². The minimum Gasteiger partial charge on any atom is -0.497 e. The van der Waals surface area contributed by atoms with Crippen molar-refractivity contribution in [2.24, 2.45) is 5.92 Å². The molecule has 1 aromatic carbocycles. The molecule has 2 aromatic rings. The SMILES string of the molecule is COc1cccc(-c2noc(C3CNCC3C)n2)c1. The monoisotopic (exact) mass is 259 g/mol. The first-order valence-electron chi connectivity index (χ1n) is 6.46. The average Bonchev–Trinajstić information content (AvgIpc) is 3.07. The Morgan fingerprint density at radius 1 is 1.37 bits per heavy atom. The summed E-state index contributed by atoms with van der Waals surface area (Å²) in [6.07, 6.45) is 0. The highest BCUT2D eigenvalue weighted by molar-refractivity contribution is 5.56. The van der Waals surface area contributed by atoms with Crippen molar-refractivity contribution >= 4 is 0 Å². The number of ether oxygens (including phenoxy) is 1. The van der Waals surface area contributed by atoms with E-state index >= 15 is 0 Å². The summed E-state index contributed by atoms with van der Waals surface area (Å²) in [5.41, 5.74) is 0.910. The van der Waals surface area contributed by atoms with Crippen molar-refractivity contribution in [1.82, 2.24) is 15.5 Å². The van der Waals surface area contributed by atoms with Gasteiger partial charge in [-0.1, -0.05) is 24.2 Å². The van der Waals surface area contributed by atoms with Crippen LogP contribution in [0.1, 0.15) is 18.7 Å². The van der Waals surface area contributed by atoms with Gasteiger partial charge in [-0.05, 0) is 24.6 Å². The quantitative estimate of drug-likeness (QED) is 0.914. The standard InChI is InChI=1S/C14H17N3O2/c1-9-7-15-8-12(9)14-16-13(17-19-14)10-4-3-5-11(6-10)18-2/h3-6,9,12,15H,7-8H2,1-2H3. The third-order valence-corrected chi connectivity index (χ3v) is 3.60.